The Balaban J connectivity index is 1.56. The number of piperazine rings is 1. The molecule has 2 aliphatic heterocycles. The van der Waals surface area contributed by atoms with Gasteiger partial charge in [0.1, 0.15) is 29.3 Å². The molecule has 1 unspecified atom stereocenters. The molecular weight excluding hydrogens is 454 g/mol. The molecule has 182 valence electrons. The lowest BCUT2D eigenvalue weighted by Crippen LogP contribution is -2.57. The van der Waals surface area contributed by atoms with Gasteiger partial charge in [0.2, 0.25) is 5.91 Å². The summed E-state index contributed by atoms with van der Waals surface area (Å²) in [7, 11) is 0. The number of amides is 2. The minimum Gasteiger partial charge on any atom is -0.465 e. The Labute approximate surface area is 194 Å². The molecule has 2 aromatic carbocycles. The first kappa shape index (κ1) is 24.0. The van der Waals surface area contributed by atoms with Crippen LogP contribution >= 0.6 is 0 Å². The van der Waals surface area contributed by atoms with Crippen LogP contribution in [0.3, 0.4) is 0 Å². The van der Waals surface area contributed by atoms with Crippen LogP contribution in [-0.2, 0) is 4.79 Å². The Morgan fingerprint density at radius 1 is 0.824 bits per heavy atom. The number of piperidine rings is 1. The van der Waals surface area contributed by atoms with Crippen molar-refractivity contribution in [3.63, 3.8) is 0 Å². The molecule has 0 aliphatic carbocycles. The number of halogens is 4. The third-order valence-electron chi connectivity index (χ3n) is 6.54. The Morgan fingerprint density at radius 3 is 1.88 bits per heavy atom. The van der Waals surface area contributed by atoms with Crippen molar-refractivity contribution in [2.45, 2.75) is 31.3 Å². The molecule has 2 heterocycles. The monoisotopic (exact) mass is 479 g/mol. The minimum atomic E-state index is -1.13. The van der Waals surface area contributed by atoms with Gasteiger partial charge in [-0.15, -0.1) is 0 Å². The zero-order valence-corrected chi connectivity index (χ0v) is 18.4. The zero-order valence-electron chi connectivity index (χ0n) is 18.4. The third-order valence-corrected chi connectivity index (χ3v) is 6.54. The van der Waals surface area contributed by atoms with Crippen LogP contribution in [0, 0.1) is 23.3 Å². The van der Waals surface area contributed by atoms with Gasteiger partial charge in [0, 0.05) is 56.0 Å². The van der Waals surface area contributed by atoms with Crippen LogP contribution < -0.4 is 0 Å². The van der Waals surface area contributed by atoms with E-state index in [4.69, 9.17) is 0 Å². The number of carbonyl (C=O) groups excluding carboxylic acids is 1. The van der Waals surface area contributed by atoms with Crippen molar-refractivity contribution < 1.29 is 32.3 Å². The Bertz CT molecular complexity index is 1020. The molecule has 10 heteroatoms. The molecule has 2 aromatic rings. The number of likely N-dealkylation sites (tertiary alicyclic amines) is 1. The van der Waals surface area contributed by atoms with Crippen LogP contribution in [0.5, 0.6) is 0 Å². The van der Waals surface area contributed by atoms with Gasteiger partial charge in [-0.3, -0.25) is 14.6 Å². The van der Waals surface area contributed by atoms with E-state index in [0.29, 0.717) is 31.5 Å². The Hall–Kier alpha value is -3.14. The highest BCUT2D eigenvalue weighted by Gasteiger charge is 2.37. The van der Waals surface area contributed by atoms with Gasteiger partial charge in [0.25, 0.3) is 0 Å². The lowest BCUT2D eigenvalue weighted by molar-refractivity contribution is -0.139. The summed E-state index contributed by atoms with van der Waals surface area (Å²) >= 11 is 0. The highest BCUT2D eigenvalue weighted by atomic mass is 19.1. The van der Waals surface area contributed by atoms with Gasteiger partial charge in [-0.05, 0) is 31.4 Å². The Kier molecular flexibility index (Phi) is 7.06. The van der Waals surface area contributed by atoms with Gasteiger partial charge in [-0.2, -0.15) is 0 Å². The average molecular weight is 479 g/mol. The fraction of sp³-hybridized carbons (Fsp3) is 0.417. The summed E-state index contributed by atoms with van der Waals surface area (Å²) in [6.07, 6.45) is 0.791. The summed E-state index contributed by atoms with van der Waals surface area (Å²) in [4.78, 5) is 29.1. The topological polar surface area (TPSA) is 64.1 Å². The molecule has 4 rings (SSSR count). The summed E-state index contributed by atoms with van der Waals surface area (Å²) in [6.45, 7) is 1.24. The second-order valence-electron chi connectivity index (χ2n) is 8.58. The normalized spacial score (nSPS) is 19.5. The summed E-state index contributed by atoms with van der Waals surface area (Å²) < 4.78 is 56.5. The van der Waals surface area contributed by atoms with Crippen molar-refractivity contribution in [1.82, 2.24) is 14.7 Å². The van der Waals surface area contributed by atoms with Gasteiger partial charge < -0.3 is 10.0 Å². The highest BCUT2D eigenvalue weighted by molar-refractivity contribution is 5.85. The number of nitrogens with zero attached hydrogens (tertiary/aromatic N) is 3. The quantitative estimate of drug-likeness (QED) is 0.674. The largest absolute Gasteiger partial charge is 0.465 e. The summed E-state index contributed by atoms with van der Waals surface area (Å²) in [6, 6.07) is 4.37. The van der Waals surface area contributed by atoms with Crippen LogP contribution in [0.25, 0.3) is 0 Å². The van der Waals surface area contributed by atoms with E-state index in [1.807, 2.05) is 0 Å². The molecule has 6 nitrogen and oxygen atoms in total. The molecule has 0 radical (unpaired) electrons. The van der Waals surface area contributed by atoms with Gasteiger partial charge in [0.05, 0.1) is 6.04 Å². The number of benzene rings is 2. The maximum Gasteiger partial charge on any atom is 0.407 e. The van der Waals surface area contributed by atoms with Crippen LogP contribution in [0.15, 0.2) is 36.4 Å². The van der Waals surface area contributed by atoms with E-state index in [9.17, 15) is 32.3 Å². The average Bonchev–Trinajstić information content (AvgIpc) is 2.81. The SMILES string of the molecule is O=C(C1CCCCN1C(=O)O)N1CCN(C(c2ccc(F)cc2F)c2ccc(F)cc2F)CC1. The van der Waals surface area contributed by atoms with Crippen LogP contribution in [0.4, 0.5) is 22.4 Å². The van der Waals surface area contributed by atoms with Crippen molar-refractivity contribution in [2.24, 2.45) is 0 Å². The first-order chi connectivity index (χ1) is 16.3. The molecule has 0 bridgehead atoms. The summed E-state index contributed by atoms with van der Waals surface area (Å²) in [5.41, 5.74) is 0.0760. The van der Waals surface area contributed by atoms with Crippen LogP contribution in [0.1, 0.15) is 36.4 Å². The standard InChI is InChI=1S/C24H25F4N3O3/c25-15-4-6-17(19(27)13-15)22(18-7-5-16(26)14-20(18)28)29-9-11-30(12-10-29)23(32)21-3-1-2-8-31(21)24(33)34/h4-7,13-14,21-22H,1-3,8-12H2,(H,33,34). The minimum absolute atomic E-state index is 0.0380. The molecule has 0 saturated carbocycles. The molecule has 2 aliphatic rings. The van der Waals surface area contributed by atoms with E-state index in [-0.39, 0.29) is 43.2 Å². The number of carbonyl (C=O) groups is 2. The van der Waals surface area contributed by atoms with Gasteiger partial charge in [-0.25, -0.2) is 22.4 Å². The maximum absolute atomic E-state index is 14.7. The number of hydrogen-bond acceptors (Lipinski definition) is 3. The van der Waals surface area contributed by atoms with Gasteiger partial charge in [-0.1, -0.05) is 12.1 Å². The lowest BCUT2D eigenvalue weighted by atomic mass is 9.95. The molecule has 34 heavy (non-hydrogen) atoms. The van der Waals surface area contributed by atoms with Crippen LogP contribution in [-0.4, -0.2) is 70.6 Å². The van der Waals surface area contributed by atoms with Crippen molar-refractivity contribution >= 4 is 12.0 Å². The van der Waals surface area contributed by atoms with Gasteiger partial charge in [0.15, 0.2) is 0 Å². The smallest absolute Gasteiger partial charge is 0.407 e. The van der Waals surface area contributed by atoms with E-state index < -0.39 is 41.4 Å². The fourth-order valence-corrected chi connectivity index (χ4v) is 4.84. The highest BCUT2D eigenvalue weighted by Crippen LogP contribution is 2.34. The van der Waals surface area contributed by atoms with Crippen LogP contribution in [0.2, 0.25) is 0 Å². The predicted molar refractivity (Wildman–Crippen MR) is 115 cm³/mol. The molecule has 2 saturated heterocycles. The number of rotatable bonds is 4. The van der Waals surface area contributed by atoms with Gasteiger partial charge >= 0.3 is 6.09 Å². The molecule has 0 spiro atoms. The van der Waals surface area contributed by atoms with E-state index in [0.717, 1.165) is 18.6 Å². The molecule has 0 aromatic heterocycles. The molecule has 1 atom stereocenters. The number of hydrogen-bond donors (Lipinski definition) is 1. The molecule has 1 N–H and O–H groups in total. The maximum atomic E-state index is 14.7. The van der Waals surface area contributed by atoms with Crippen molar-refractivity contribution in [3.05, 3.63) is 70.8 Å². The molecule has 2 fully saturated rings. The molecule has 2 amide bonds. The second-order valence-corrected chi connectivity index (χ2v) is 8.58. The summed E-state index contributed by atoms with van der Waals surface area (Å²) in [5, 5.41) is 9.44. The summed E-state index contributed by atoms with van der Waals surface area (Å²) in [5.74, 6) is -3.53. The van der Waals surface area contributed by atoms with E-state index >= 15 is 0 Å². The number of carboxylic acid groups (broad SMARTS) is 1. The second kappa shape index (κ2) is 10.0. The molecular formula is C24H25F4N3O3. The van der Waals surface area contributed by atoms with E-state index in [1.54, 1.807) is 9.80 Å². The fourth-order valence-electron chi connectivity index (χ4n) is 4.84. The van der Waals surface area contributed by atoms with Crippen molar-refractivity contribution in [1.29, 1.82) is 0 Å². The van der Waals surface area contributed by atoms with E-state index in [1.165, 1.54) is 17.0 Å². The van der Waals surface area contributed by atoms with Crippen molar-refractivity contribution in [2.75, 3.05) is 32.7 Å². The first-order valence-electron chi connectivity index (χ1n) is 11.2. The van der Waals surface area contributed by atoms with E-state index in [2.05, 4.69) is 0 Å². The van der Waals surface area contributed by atoms with Crippen molar-refractivity contribution in [3.8, 4) is 0 Å². The zero-order chi connectivity index (χ0) is 24.4. The lowest BCUT2D eigenvalue weighted by Gasteiger charge is -2.42. The third kappa shape index (κ3) is 4.86. The Morgan fingerprint density at radius 2 is 1.38 bits per heavy atom. The predicted octanol–water partition coefficient (Wildman–Crippen LogP) is 4.01. The first-order valence-corrected chi connectivity index (χ1v) is 11.2.